The molecule has 9 nitrogen and oxygen atoms in total. The van der Waals surface area contributed by atoms with E-state index in [9.17, 15) is 36.3 Å². The van der Waals surface area contributed by atoms with Crippen LogP contribution in [-0.4, -0.2) is 73.8 Å². The molecule has 4 amide bonds. The Balaban J connectivity index is 1.29. The fourth-order valence-corrected chi connectivity index (χ4v) is 6.82. The molecule has 14 heteroatoms. The summed E-state index contributed by atoms with van der Waals surface area (Å²) >= 11 is 0. The first-order valence-corrected chi connectivity index (χ1v) is 15.0. The van der Waals surface area contributed by atoms with E-state index in [1.165, 1.54) is 19.2 Å². The van der Waals surface area contributed by atoms with Crippen molar-refractivity contribution in [2.45, 2.75) is 62.3 Å². The molecule has 5 rings (SSSR count). The number of methoxy groups -OCH3 is 2. The van der Waals surface area contributed by atoms with E-state index < -0.39 is 47.4 Å². The summed E-state index contributed by atoms with van der Waals surface area (Å²) in [4.78, 5) is 42.8. The maximum absolute atomic E-state index is 14.3. The second kappa shape index (κ2) is 13.8. The number of nitrogens with zero attached hydrogens (tertiary/aromatic N) is 2. The predicted octanol–water partition coefficient (Wildman–Crippen LogP) is 5.63. The highest BCUT2D eigenvalue weighted by Gasteiger charge is 2.44. The lowest BCUT2D eigenvalue weighted by Crippen LogP contribution is -2.56. The summed E-state index contributed by atoms with van der Waals surface area (Å²) in [6, 6.07) is 5.05. The minimum absolute atomic E-state index is 0.0126. The van der Waals surface area contributed by atoms with Crippen molar-refractivity contribution in [1.82, 2.24) is 20.4 Å². The maximum Gasteiger partial charge on any atom is 0.416 e. The lowest BCUT2D eigenvalue weighted by Gasteiger charge is -2.37. The van der Waals surface area contributed by atoms with Crippen molar-refractivity contribution in [1.29, 1.82) is 0 Å². The van der Waals surface area contributed by atoms with Gasteiger partial charge in [-0.25, -0.2) is 28.1 Å². The zero-order valence-corrected chi connectivity index (χ0v) is 25.3. The number of hydrogen-bond donors (Lipinski definition) is 2. The first-order chi connectivity index (χ1) is 21.9. The summed E-state index contributed by atoms with van der Waals surface area (Å²) < 4.78 is 79.0. The van der Waals surface area contributed by atoms with Crippen LogP contribution in [0.25, 0.3) is 0 Å². The summed E-state index contributed by atoms with van der Waals surface area (Å²) in [6.07, 6.45) is -1.28. The van der Waals surface area contributed by atoms with Gasteiger partial charge in [-0.1, -0.05) is 24.3 Å². The summed E-state index contributed by atoms with van der Waals surface area (Å²) in [7, 11) is 2.44. The molecule has 0 spiro atoms. The molecule has 0 bridgehead atoms. The standard InChI is InChI=1S/C32H35F5N4O5/c1-45-17-26-27(29(42)46-2)28(19-9-12-24(33)25(34)15-19)41(31(44)39-26)30(43)38-20-13-14-40(16-20)21-10-7-18(8-11-21)22-5-3-4-6-23(22)32(35,36)37/h3-6,9,12,15,18,20-21,28H,7-8,10-11,13-14,16-17H2,1-2H3,(H,38,43)(H,39,44)/t18?,20?,21?,28-/m0/s1. The van der Waals surface area contributed by atoms with Gasteiger partial charge in [0.1, 0.15) is 6.04 Å². The van der Waals surface area contributed by atoms with Gasteiger partial charge in [-0.3, -0.25) is 4.90 Å². The Labute approximate surface area is 262 Å². The SMILES string of the molecule is COCC1=C(C(=O)OC)[C@H](c2ccc(F)c(F)c2)N(C(=O)NC2CCN(C3CCC(c4ccccc4C(F)(F)F)CC3)C2)C(=O)N1. The number of urea groups is 2. The van der Waals surface area contributed by atoms with E-state index in [1.807, 2.05) is 0 Å². The first-order valence-electron chi connectivity index (χ1n) is 15.0. The third-order valence-corrected chi connectivity index (χ3v) is 8.97. The normalized spacial score (nSPS) is 24.2. The summed E-state index contributed by atoms with van der Waals surface area (Å²) in [5.74, 6) is -3.48. The van der Waals surface area contributed by atoms with Crippen molar-refractivity contribution in [2.24, 2.45) is 0 Å². The third-order valence-electron chi connectivity index (χ3n) is 8.97. The number of likely N-dealkylation sites (tertiary alicyclic amines) is 1. The lowest BCUT2D eigenvalue weighted by atomic mass is 9.79. The summed E-state index contributed by atoms with van der Waals surface area (Å²) in [5, 5.41) is 5.33. The van der Waals surface area contributed by atoms with Gasteiger partial charge in [-0.15, -0.1) is 0 Å². The van der Waals surface area contributed by atoms with Gasteiger partial charge < -0.3 is 20.1 Å². The number of carbonyl (C=O) groups is 3. The molecule has 1 aliphatic carbocycles. The highest BCUT2D eigenvalue weighted by atomic mass is 19.4. The van der Waals surface area contributed by atoms with Crippen molar-refractivity contribution in [3.8, 4) is 0 Å². The molecular weight excluding hydrogens is 615 g/mol. The number of alkyl halides is 3. The van der Waals surface area contributed by atoms with E-state index in [2.05, 4.69) is 15.5 Å². The Bertz CT molecular complexity index is 1510. The van der Waals surface area contributed by atoms with Gasteiger partial charge >= 0.3 is 24.2 Å². The van der Waals surface area contributed by atoms with Crippen LogP contribution in [0.5, 0.6) is 0 Å². The minimum atomic E-state index is -4.41. The molecule has 1 unspecified atom stereocenters. The molecule has 2 aromatic rings. The molecule has 1 saturated carbocycles. The largest absolute Gasteiger partial charge is 0.466 e. The van der Waals surface area contributed by atoms with Crippen LogP contribution in [0.1, 0.15) is 60.8 Å². The minimum Gasteiger partial charge on any atom is -0.466 e. The van der Waals surface area contributed by atoms with Crippen molar-refractivity contribution < 1.29 is 45.8 Å². The van der Waals surface area contributed by atoms with Crippen LogP contribution >= 0.6 is 0 Å². The lowest BCUT2D eigenvalue weighted by molar-refractivity contribution is -0.138. The Hall–Kier alpha value is -4.04. The van der Waals surface area contributed by atoms with Crippen LogP contribution in [0.2, 0.25) is 0 Å². The highest BCUT2D eigenvalue weighted by Crippen LogP contribution is 2.42. The van der Waals surface area contributed by atoms with Crippen LogP contribution in [0.4, 0.5) is 31.5 Å². The highest BCUT2D eigenvalue weighted by molar-refractivity contribution is 6.01. The van der Waals surface area contributed by atoms with E-state index in [0.29, 0.717) is 50.8 Å². The molecular formula is C32H35F5N4O5. The number of halogens is 5. The van der Waals surface area contributed by atoms with Crippen molar-refractivity contribution in [3.05, 3.63) is 82.1 Å². The van der Waals surface area contributed by atoms with Gasteiger partial charge in [-0.2, -0.15) is 13.2 Å². The topological polar surface area (TPSA) is 100 Å². The molecule has 2 aromatic carbocycles. The molecule has 3 aliphatic rings. The quantitative estimate of drug-likeness (QED) is 0.298. The molecule has 2 fully saturated rings. The number of benzene rings is 2. The van der Waals surface area contributed by atoms with E-state index in [1.54, 1.807) is 12.1 Å². The number of imide groups is 1. The molecule has 0 aromatic heterocycles. The van der Waals surface area contributed by atoms with E-state index in [-0.39, 0.29) is 41.4 Å². The smallest absolute Gasteiger partial charge is 0.416 e. The average Bonchev–Trinajstić information content (AvgIpc) is 3.50. The van der Waals surface area contributed by atoms with E-state index in [4.69, 9.17) is 9.47 Å². The fourth-order valence-electron chi connectivity index (χ4n) is 6.82. The molecule has 1 saturated heterocycles. The average molecular weight is 651 g/mol. The van der Waals surface area contributed by atoms with Gasteiger partial charge in [0.2, 0.25) is 0 Å². The maximum atomic E-state index is 14.3. The zero-order valence-electron chi connectivity index (χ0n) is 25.3. The van der Waals surface area contributed by atoms with Crippen molar-refractivity contribution in [3.63, 3.8) is 0 Å². The van der Waals surface area contributed by atoms with Crippen molar-refractivity contribution >= 4 is 18.0 Å². The van der Waals surface area contributed by atoms with Crippen LogP contribution in [0, 0.1) is 11.6 Å². The summed E-state index contributed by atoms with van der Waals surface area (Å²) in [5.41, 5.74) is -0.467. The third kappa shape index (κ3) is 6.87. The number of hydrogen-bond acceptors (Lipinski definition) is 6. The van der Waals surface area contributed by atoms with Crippen LogP contribution in [0.15, 0.2) is 53.7 Å². The number of ether oxygens (including phenoxy) is 2. The van der Waals surface area contributed by atoms with Crippen LogP contribution in [0.3, 0.4) is 0 Å². The van der Waals surface area contributed by atoms with Gasteiger partial charge in [-0.05, 0) is 67.3 Å². The first kappa shape index (κ1) is 33.3. The fraction of sp³-hybridized carbons (Fsp3) is 0.469. The molecule has 0 radical (unpaired) electrons. The predicted molar refractivity (Wildman–Crippen MR) is 155 cm³/mol. The number of amides is 4. The zero-order chi connectivity index (χ0) is 33.2. The summed E-state index contributed by atoms with van der Waals surface area (Å²) in [6.45, 7) is 0.844. The van der Waals surface area contributed by atoms with Gasteiger partial charge in [0.15, 0.2) is 11.6 Å². The Morgan fingerprint density at radius 2 is 1.72 bits per heavy atom. The number of carbonyl (C=O) groups excluding carboxylic acids is 3. The monoisotopic (exact) mass is 650 g/mol. The van der Waals surface area contributed by atoms with Gasteiger partial charge in [0.25, 0.3) is 0 Å². The molecule has 2 N–H and O–H groups in total. The molecule has 46 heavy (non-hydrogen) atoms. The number of rotatable bonds is 7. The Morgan fingerprint density at radius 1 is 1.00 bits per heavy atom. The molecule has 2 atom stereocenters. The Morgan fingerprint density at radius 3 is 2.37 bits per heavy atom. The van der Waals surface area contributed by atoms with E-state index in [0.717, 1.165) is 30.2 Å². The number of nitrogens with one attached hydrogen (secondary N) is 2. The van der Waals surface area contributed by atoms with Crippen LogP contribution < -0.4 is 10.6 Å². The van der Waals surface area contributed by atoms with Crippen molar-refractivity contribution in [2.75, 3.05) is 33.9 Å². The van der Waals surface area contributed by atoms with Gasteiger partial charge in [0, 0.05) is 32.3 Å². The Kier molecular flexibility index (Phi) is 9.96. The molecule has 248 valence electrons. The molecule has 2 aliphatic heterocycles. The second-order valence-corrected chi connectivity index (χ2v) is 11.7. The second-order valence-electron chi connectivity index (χ2n) is 11.7. The van der Waals surface area contributed by atoms with Gasteiger partial charge in [0.05, 0.1) is 30.6 Å². The van der Waals surface area contributed by atoms with Crippen LogP contribution in [-0.2, 0) is 20.4 Å². The van der Waals surface area contributed by atoms with E-state index >= 15 is 0 Å². The number of esters is 1. The molecule has 2 heterocycles.